The molecule has 2 heterocycles. The first-order chi connectivity index (χ1) is 18.5. The zero-order valence-corrected chi connectivity index (χ0v) is 25.0. The first-order valence-electron chi connectivity index (χ1n) is 11.0. The van der Waals surface area contributed by atoms with Gasteiger partial charge in [-0.1, -0.05) is 35.1 Å². The summed E-state index contributed by atoms with van der Waals surface area (Å²) in [7, 11) is 0. The van der Waals surface area contributed by atoms with Crippen molar-refractivity contribution in [3.8, 4) is 11.8 Å². The molecule has 0 spiro atoms. The van der Waals surface area contributed by atoms with Crippen LogP contribution in [0.15, 0.2) is 61.9 Å². The smallest absolute Gasteiger partial charge is 0.434 e. The second-order valence-electron chi connectivity index (χ2n) is 7.88. The minimum atomic E-state index is -5.00. The van der Waals surface area contributed by atoms with E-state index in [9.17, 15) is 22.8 Å². The highest BCUT2D eigenvalue weighted by Gasteiger charge is 2.45. The minimum Gasteiger partial charge on any atom is -0.476 e. The highest BCUT2D eigenvalue weighted by molar-refractivity contribution is 14.1. The van der Waals surface area contributed by atoms with E-state index >= 15 is 0 Å². The van der Waals surface area contributed by atoms with E-state index in [1.807, 2.05) is 28.7 Å². The second-order valence-corrected chi connectivity index (χ2v) is 11.3. The molecule has 0 saturated carbocycles. The zero-order valence-electron chi connectivity index (χ0n) is 19.7. The number of thiazole rings is 1. The first kappa shape index (κ1) is 29.3. The van der Waals surface area contributed by atoms with Gasteiger partial charge in [0, 0.05) is 5.02 Å². The van der Waals surface area contributed by atoms with Crippen molar-refractivity contribution >= 4 is 73.5 Å². The maximum atomic E-state index is 14.2. The molecule has 1 aromatic heterocycles. The number of benzene rings is 2. The average molecular weight is 753 g/mol. The number of fused-ring (bicyclic) bond motifs is 1. The Morgan fingerprint density at radius 2 is 2.03 bits per heavy atom. The van der Waals surface area contributed by atoms with Crippen LogP contribution in [0.3, 0.4) is 0 Å². The summed E-state index contributed by atoms with van der Waals surface area (Å²) < 4.78 is 55.3. The molecule has 0 N–H and O–H groups in total. The molecule has 3 aromatic rings. The van der Waals surface area contributed by atoms with Gasteiger partial charge in [0.1, 0.15) is 11.8 Å². The van der Waals surface area contributed by atoms with Crippen molar-refractivity contribution < 1.29 is 27.4 Å². The number of nitrogens with zero attached hydrogens (tertiary/aromatic N) is 3. The number of nitriles is 1. The Morgan fingerprint density at radius 1 is 1.33 bits per heavy atom. The number of hydrogen-bond donors (Lipinski definition) is 0. The van der Waals surface area contributed by atoms with Crippen molar-refractivity contribution in [3.63, 3.8) is 0 Å². The van der Waals surface area contributed by atoms with Crippen molar-refractivity contribution in [1.82, 2.24) is 4.57 Å². The first-order valence-corrected chi connectivity index (χ1v) is 14.1. The Kier molecular flexibility index (Phi) is 8.89. The number of carbonyl (C=O) groups is 1. The minimum absolute atomic E-state index is 0.0905. The summed E-state index contributed by atoms with van der Waals surface area (Å²) in [4.78, 5) is 30.0. The van der Waals surface area contributed by atoms with Gasteiger partial charge in [0.15, 0.2) is 17.1 Å². The Balaban J connectivity index is 1.98. The van der Waals surface area contributed by atoms with E-state index in [-0.39, 0.29) is 28.1 Å². The van der Waals surface area contributed by atoms with Crippen molar-refractivity contribution in [1.29, 1.82) is 5.26 Å². The molecule has 0 fully saturated rings. The van der Waals surface area contributed by atoms with Crippen LogP contribution in [0.25, 0.3) is 6.08 Å². The van der Waals surface area contributed by atoms with Crippen molar-refractivity contribution in [2.45, 2.75) is 19.1 Å². The molecule has 4 rings (SSSR count). The van der Waals surface area contributed by atoms with E-state index in [1.165, 1.54) is 37.3 Å². The van der Waals surface area contributed by atoms with Gasteiger partial charge in [0.2, 0.25) is 0 Å². The van der Waals surface area contributed by atoms with Gasteiger partial charge >= 0.3 is 12.1 Å². The number of ether oxygens (including phenoxy) is 2. The van der Waals surface area contributed by atoms with Gasteiger partial charge in [-0.15, -0.1) is 0 Å². The third-order valence-corrected chi connectivity index (χ3v) is 8.01. The van der Waals surface area contributed by atoms with Gasteiger partial charge in [0.25, 0.3) is 5.56 Å². The van der Waals surface area contributed by atoms with Gasteiger partial charge in [-0.2, -0.15) is 18.4 Å². The predicted octanol–water partition coefficient (Wildman–Crippen LogP) is 5.26. The Morgan fingerprint density at radius 3 is 2.62 bits per heavy atom. The number of halogens is 6. The molecular formula is C25H15BrClF3IN3O4S. The Bertz CT molecular complexity index is 1690. The molecule has 39 heavy (non-hydrogen) atoms. The van der Waals surface area contributed by atoms with Crippen molar-refractivity contribution in [2.75, 3.05) is 13.2 Å². The van der Waals surface area contributed by atoms with E-state index in [2.05, 4.69) is 20.9 Å². The van der Waals surface area contributed by atoms with Crippen LogP contribution < -0.4 is 19.6 Å². The fourth-order valence-electron chi connectivity index (χ4n) is 3.86. The molecule has 1 aliphatic heterocycles. The van der Waals surface area contributed by atoms with Crippen molar-refractivity contribution in [3.05, 3.63) is 91.5 Å². The molecule has 0 unspecified atom stereocenters. The molecule has 7 nitrogen and oxygen atoms in total. The van der Waals surface area contributed by atoms with Gasteiger partial charge in [-0.3, -0.25) is 9.36 Å². The molecule has 0 amide bonds. The molecule has 2 aromatic carbocycles. The van der Waals surface area contributed by atoms with Crippen LogP contribution >= 0.6 is 61.5 Å². The number of carbonyl (C=O) groups excluding carboxylic acids is 1. The van der Waals surface area contributed by atoms with E-state index in [4.69, 9.17) is 26.3 Å². The molecule has 0 saturated heterocycles. The van der Waals surface area contributed by atoms with Gasteiger partial charge < -0.3 is 9.47 Å². The quantitative estimate of drug-likeness (QED) is 0.253. The summed E-state index contributed by atoms with van der Waals surface area (Å²) in [6, 6.07) is 9.58. The average Bonchev–Trinajstić information content (AvgIpc) is 3.17. The summed E-state index contributed by atoms with van der Waals surface area (Å²) in [5.74, 6) is -0.790. The van der Waals surface area contributed by atoms with Crippen LogP contribution in [0, 0.1) is 14.9 Å². The van der Waals surface area contributed by atoms with Crippen LogP contribution in [-0.4, -0.2) is 29.9 Å². The van der Waals surface area contributed by atoms with Crippen LogP contribution in [0.2, 0.25) is 5.02 Å². The summed E-state index contributed by atoms with van der Waals surface area (Å²) in [6.07, 6.45) is -3.49. The van der Waals surface area contributed by atoms with Gasteiger partial charge in [0.05, 0.1) is 30.8 Å². The topological polar surface area (TPSA) is 93.7 Å². The number of hydrogen-bond acceptors (Lipinski definition) is 7. The van der Waals surface area contributed by atoms with E-state index in [0.29, 0.717) is 24.4 Å². The largest absolute Gasteiger partial charge is 0.476 e. The van der Waals surface area contributed by atoms with Crippen LogP contribution in [0.5, 0.6) is 5.75 Å². The zero-order chi connectivity index (χ0) is 28.5. The van der Waals surface area contributed by atoms with Crippen molar-refractivity contribution in [2.24, 2.45) is 4.99 Å². The predicted molar refractivity (Wildman–Crippen MR) is 150 cm³/mol. The monoisotopic (exact) mass is 751 g/mol. The lowest BCUT2D eigenvalue weighted by Gasteiger charge is -2.26. The van der Waals surface area contributed by atoms with E-state index in [0.717, 1.165) is 15.9 Å². The Hall–Kier alpha value is -2.67. The molecule has 202 valence electrons. The lowest BCUT2D eigenvalue weighted by molar-refractivity contribution is -0.140. The fraction of sp³-hybridized carbons (Fsp3) is 0.200. The summed E-state index contributed by atoms with van der Waals surface area (Å²) in [6.45, 7) is 1.13. The van der Waals surface area contributed by atoms with Crippen LogP contribution in [-0.2, 0) is 9.53 Å². The third kappa shape index (κ3) is 6.08. The number of rotatable bonds is 6. The molecule has 14 heteroatoms. The maximum Gasteiger partial charge on any atom is 0.434 e. The summed E-state index contributed by atoms with van der Waals surface area (Å²) >= 11 is 12.1. The molecule has 0 aliphatic carbocycles. The van der Waals surface area contributed by atoms with Crippen LogP contribution in [0.1, 0.15) is 24.1 Å². The van der Waals surface area contributed by atoms with Gasteiger partial charge in [-0.25, -0.2) is 9.79 Å². The molecule has 1 atom stereocenters. The molecule has 0 bridgehead atoms. The lowest BCUT2D eigenvalue weighted by atomic mass is 9.95. The lowest BCUT2D eigenvalue weighted by Crippen LogP contribution is -2.41. The van der Waals surface area contributed by atoms with E-state index < -0.39 is 35.0 Å². The summed E-state index contributed by atoms with van der Waals surface area (Å²) in [5, 5.41) is 9.11. The number of esters is 1. The maximum absolute atomic E-state index is 14.2. The normalized spacial score (nSPS) is 15.4. The Labute approximate surface area is 250 Å². The number of allylic oxidation sites excluding steroid dienone is 1. The van der Waals surface area contributed by atoms with E-state index in [1.54, 1.807) is 12.1 Å². The SMILES string of the molecule is CCOC(=O)C1=C(C(F)(F)F)N=c2s/c(=C\c3cc(Br)c(OCC#N)c(I)c3)c(=O)n2[C@H]1c1ccc(Cl)cc1. The molecule has 1 aliphatic rings. The highest BCUT2D eigenvalue weighted by atomic mass is 127. The molecular weight excluding hydrogens is 738 g/mol. The number of alkyl halides is 3. The summed E-state index contributed by atoms with van der Waals surface area (Å²) in [5.41, 5.74) is -2.09. The fourth-order valence-corrected chi connectivity index (χ4v) is 6.75. The van der Waals surface area contributed by atoms with Crippen LogP contribution in [0.4, 0.5) is 13.2 Å². The second kappa shape index (κ2) is 11.8. The number of aromatic nitrogens is 1. The molecule has 0 radical (unpaired) electrons. The highest BCUT2D eigenvalue weighted by Crippen LogP contribution is 2.38. The third-order valence-electron chi connectivity index (χ3n) is 5.38. The standard InChI is InChI=1S/C25H15BrClF3IN3O4S/c1-2-37-23(36)18-19(13-3-5-14(27)6-4-13)34-22(35)17(39-24(34)33-21(18)25(28,29)30)11-12-9-15(26)20(16(31)10-12)38-8-7-32/h3-6,9-11,19H,2,8H2,1H3/b17-11-/t19-/m0/s1. The van der Waals surface area contributed by atoms with Gasteiger partial charge in [-0.05, 0) is 86.9 Å².